The number of amides is 1. The Balaban J connectivity index is 2.28. The average Bonchev–Trinajstić information content (AvgIpc) is 2.67. The first-order chi connectivity index (χ1) is 12.8. The summed E-state index contributed by atoms with van der Waals surface area (Å²) >= 11 is 0. The standard InChI is InChI=1S/C19H17N3O5/c1-3-27-19(24)16-8-15(9-17(10-16)22(25)26)18(23)21(2)12-14-6-4-13(11-20)5-7-14/h4-10H,3,12H2,1-2H3. The summed E-state index contributed by atoms with van der Waals surface area (Å²) in [4.78, 5) is 36.4. The van der Waals surface area contributed by atoms with E-state index in [1.165, 1.54) is 11.0 Å². The van der Waals surface area contributed by atoms with E-state index in [1.807, 2.05) is 6.07 Å². The highest BCUT2D eigenvalue weighted by molar-refractivity contribution is 5.98. The van der Waals surface area contributed by atoms with E-state index in [4.69, 9.17) is 10.00 Å². The molecule has 0 unspecified atom stereocenters. The fourth-order valence-electron chi connectivity index (χ4n) is 2.42. The normalized spacial score (nSPS) is 9.96. The zero-order chi connectivity index (χ0) is 20.0. The van der Waals surface area contributed by atoms with Crippen LogP contribution in [0, 0.1) is 21.4 Å². The van der Waals surface area contributed by atoms with Gasteiger partial charge in [-0.05, 0) is 30.7 Å². The van der Waals surface area contributed by atoms with Crippen LogP contribution in [-0.4, -0.2) is 35.4 Å². The number of ether oxygens (including phenoxy) is 1. The summed E-state index contributed by atoms with van der Waals surface area (Å²) in [6, 6.07) is 12.2. The third-order valence-corrected chi connectivity index (χ3v) is 3.74. The lowest BCUT2D eigenvalue weighted by atomic mass is 10.1. The molecule has 0 heterocycles. The van der Waals surface area contributed by atoms with Gasteiger partial charge in [-0.3, -0.25) is 14.9 Å². The molecule has 0 aromatic heterocycles. The largest absolute Gasteiger partial charge is 0.462 e. The molecule has 0 N–H and O–H groups in total. The molecule has 0 aliphatic heterocycles. The summed E-state index contributed by atoms with van der Waals surface area (Å²) in [5.41, 5.74) is 0.895. The van der Waals surface area contributed by atoms with E-state index in [2.05, 4.69) is 0 Å². The zero-order valence-corrected chi connectivity index (χ0v) is 14.8. The number of carbonyl (C=O) groups is 2. The van der Waals surface area contributed by atoms with E-state index < -0.39 is 16.8 Å². The van der Waals surface area contributed by atoms with Crippen molar-refractivity contribution in [2.75, 3.05) is 13.7 Å². The molecule has 0 atom stereocenters. The number of nitro benzene ring substituents is 1. The maximum Gasteiger partial charge on any atom is 0.338 e. The van der Waals surface area contributed by atoms with Gasteiger partial charge in [0, 0.05) is 31.3 Å². The molecule has 0 spiro atoms. The van der Waals surface area contributed by atoms with Crippen LogP contribution < -0.4 is 0 Å². The Morgan fingerprint density at radius 2 is 1.81 bits per heavy atom. The lowest BCUT2D eigenvalue weighted by Crippen LogP contribution is -2.26. The van der Waals surface area contributed by atoms with E-state index in [0.717, 1.165) is 17.7 Å². The van der Waals surface area contributed by atoms with Crippen molar-refractivity contribution in [1.82, 2.24) is 4.90 Å². The molecule has 138 valence electrons. The first-order valence-corrected chi connectivity index (χ1v) is 8.06. The zero-order valence-electron chi connectivity index (χ0n) is 14.8. The topological polar surface area (TPSA) is 114 Å². The minimum Gasteiger partial charge on any atom is -0.462 e. The van der Waals surface area contributed by atoms with Crippen molar-refractivity contribution in [1.29, 1.82) is 5.26 Å². The van der Waals surface area contributed by atoms with Crippen LogP contribution in [0.3, 0.4) is 0 Å². The van der Waals surface area contributed by atoms with Gasteiger partial charge in [0.1, 0.15) is 0 Å². The third-order valence-electron chi connectivity index (χ3n) is 3.74. The van der Waals surface area contributed by atoms with Crippen molar-refractivity contribution >= 4 is 17.6 Å². The van der Waals surface area contributed by atoms with Gasteiger partial charge in [-0.15, -0.1) is 0 Å². The molecule has 8 nitrogen and oxygen atoms in total. The molecule has 8 heteroatoms. The number of hydrogen-bond acceptors (Lipinski definition) is 6. The molecule has 0 fully saturated rings. The van der Waals surface area contributed by atoms with Gasteiger partial charge in [-0.2, -0.15) is 5.26 Å². The van der Waals surface area contributed by atoms with Crippen molar-refractivity contribution in [3.8, 4) is 6.07 Å². The summed E-state index contributed by atoms with van der Waals surface area (Å²) in [6.07, 6.45) is 0. The SMILES string of the molecule is CCOC(=O)c1cc(C(=O)N(C)Cc2ccc(C#N)cc2)cc([N+](=O)[O-])c1. The third kappa shape index (κ3) is 4.89. The minimum absolute atomic E-state index is 0.0170. The van der Waals surface area contributed by atoms with Gasteiger partial charge in [-0.25, -0.2) is 4.79 Å². The number of nitrogens with zero attached hydrogens (tertiary/aromatic N) is 3. The molecule has 2 aromatic rings. The van der Waals surface area contributed by atoms with Crippen molar-refractivity contribution in [3.05, 3.63) is 74.8 Å². The molecule has 27 heavy (non-hydrogen) atoms. The summed E-state index contributed by atoms with van der Waals surface area (Å²) < 4.78 is 4.86. The molecule has 0 saturated heterocycles. The van der Waals surface area contributed by atoms with Crippen molar-refractivity contribution in [2.45, 2.75) is 13.5 Å². The molecule has 0 radical (unpaired) electrons. The summed E-state index contributed by atoms with van der Waals surface area (Å²) in [6.45, 7) is 1.97. The number of esters is 1. The number of non-ortho nitro benzene ring substituents is 1. The number of nitro groups is 1. The van der Waals surface area contributed by atoms with Crippen LogP contribution in [0.5, 0.6) is 0 Å². The minimum atomic E-state index is -0.731. The van der Waals surface area contributed by atoms with E-state index in [9.17, 15) is 19.7 Å². The lowest BCUT2D eigenvalue weighted by molar-refractivity contribution is -0.384. The molecular weight excluding hydrogens is 350 g/mol. The van der Waals surface area contributed by atoms with Crippen molar-refractivity contribution < 1.29 is 19.2 Å². The van der Waals surface area contributed by atoms with Crippen molar-refractivity contribution in [3.63, 3.8) is 0 Å². The van der Waals surface area contributed by atoms with Crippen LogP contribution in [0.25, 0.3) is 0 Å². The Morgan fingerprint density at radius 1 is 1.19 bits per heavy atom. The molecule has 1 amide bonds. The van der Waals surface area contributed by atoms with E-state index in [0.29, 0.717) is 5.56 Å². The second kappa shape index (κ2) is 8.58. The summed E-state index contributed by atoms with van der Waals surface area (Å²) in [5.74, 6) is -1.21. The molecule has 0 bridgehead atoms. The number of benzene rings is 2. The highest BCUT2D eigenvalue weighted by Gasteiger charge is 2.20. The van der Waals surface area contributed by atoms with Gasteiger partial charge in [0.15, 0.2) is 0 Å². The number of nitriles is 1. The fourth-order valence-corrected chi connectivity index (χ4v) is 2.42. The maximum absolute atomic E-state index is 12.7. The Kier molecular flexibility index (Phi) is 6.23. The van der Waals surface area contributed by atoms with Crippen LogP contribution in [-0.2, 0) is 11.3 Å². The highest BCUT2D eigenvalue weighted by Crippen LogP contribution is 2.20. The first-order valence-electron chi connectivity index (χ1n) is 8.06. The van der Waals surface area contributed by atoms with E-state index in [1.54, 1.807) is 38.2 Å². The van der Waals surface area contributed by atoms with Crippen LogP contribution in [0.1, 0.15) is 38.8 Å². The quantitative estimate of drug-likeness (QED) is 0.441. The average molecular weight is 367 g/mol. The van der Waals surface area contributed by atoms with E-state index >= 15 is 0 Å². The maximum atomic E-state index is 12.7. The fraction of sp³-hybridized carbons (Fsp3) is 0.211. The lowest BCUT2D eigenvalue weighted by Gasteiger charge is -2.17. The second-order valence-corrected chi connectivity index (χ2v) is 5.72. The predicted octanol–water partition coefficient (Wildman–Crippen LogP) is 2.92. The van der Waals surface area contributed by atoms with Crippen LogP contribution >= 0.6 is 0 Å². The Labute approximate surface area is 155 Å². The van der Waals surface area contributed by atoms with Crippen molar-refractivity contribution in [2.24, 2.45) is 0 Å². The Bertz CT molecular complexity index is 916. The molecule has 0 aliphatic rings. The highest BCUT2D eigenvalue weighted by atomic mass is 16.6. The molecule has 2 rings (SSSR count). The van der Waals surface area contributed by atoms with Gasteiger partial charge >= 0.3 is 5.97 Å². The molecule has 0 saturated carbocycles. The van der Waals surface area contributed by atoms with Crippen LogP contribution in [0.4, 0.5) is 5.69 Å². The van der Waals surface area contributed by atoms with Crippen LogP contribution in [0.2, 0.25) is 0 Å². The Morgan fingerprint density at radius 3 is 2.37 bits per heavy atom. The number of hydrogen-bond donors (Lipinski definition) is 0. The smallest absolute Gasteiger partial charge is 0.338 e. The van der Waals surface area contributed by atoms with Gasteiger partial charge in [-0.1, -0.05) is 12.1 Å². The second-order valence-electron chi connectivity index (χ2n) is 5.72. The molecular formula is C19H17N3O5. The predicted molar refractivity (Wildman–Crippen MR) is 96.0 cm³/mol. The first kappa shape index (κ1) is 19.6. The number of carbonyl (C=O) groups excluding carboxylic acids is 2. The van der Waals surface area contributed by atoms with Gasteiger partial charge < -0.3 is 9.64 Å². The molecule has 2 aromatic carbocycles. The Hall–Kier alpha value is -3.73. The van der Waals surface area contributed by atoms with Gasteiger partial charge in [0.05, 0.1) is 28.7 Å². The monoisotopic (exact) mass is 367 g/mol. The van der Waals surface area contributed by atoms with Gasteiger partial charge in [0.2, 0.25) is 0 Å². The van der Waals surface area contributed by atoms with Crippen LogP contribution in [0.15, 0.2) is 42.5 Å². The van der Waals surface area contributed by atoms with Gasteiger partial charge in [0.25, 0.3) is 11.6 Å². The number of rotatable bonds is 6. The summed E-state index contributed by atoms with van der Waals surface area (Å²) in [7, 11) is 1.55. The molecule has 0 aliphatic carbocycles. The van der Waals surface area contributed by atoms with E-state index in [-0.39, 0.29) is 30.0 Å². The summed E-state index contributed by atoms with van der Waals surface area (Å²) in [5, 5.41) is 20.0.